The van der Waals surface area contributed by atoms with E-state index in [0.717, 1.165) is 24.3 Å². The molecular weight excluding hydrogens is 488 g/mol. The van der Waals surface area contributed by atoms with Crippen LogP contribution in [-0.2, 0) is 0 Å². The van der Waals surface area contributed by atoms with E-state index in [-0.39, 0.29) is 16.1 Å². The van der Waals surface area contributed by atoms with Gasteiger partial charge in [-0.3, -0.25) is 20.4 Å². The molecule has 1 aromatic carbocycles. The number of nitrogens with zero attached hydrogens (tertiary/aromatic N) is 2. The Labute approximate surface area is 184 Å². The van der Waals surface area contributed by atoms with Crippen LogP contribution in [-0.4, -0.2) is 62.8 Å². The molecule has 8 nitrogen and oxygen atoms in total. The fourth-order valence-electron chi connectivity index (χ4n) is 3.16. The molecule has 0 bridgehead atoms. The minimum Gasteiger partial charge on any atom is -0.364 e. The summed E-state index contributed by atoms with van der Waals surface area (Å²) in [6.07, 6.45) is -14.4. The number of hydrazine groups is 2. The quantitative estimate of drug-likeness (QED) is 0.461. The normalized spacial score (nSPS) is 24.6. The number of aliphatic hydroxyl groups is 2. The van der Waals surface area contributed by atoms with E-state index in [1.165, 1.54) is 0 Å². The van der Waals surface area contributed by atoms with Crippen LogP contribution in [0.15, 0.2) is 47.8 Å². The van der Waals surface area contributed by atoms with Crippen LogP contribution in [0.2, 0.25) is 0 Å². The van der Waals surface area contributed by atoms with Gasteiger partial charge < -0.3 is 10.2 Å². The van der Waals surface area contributed by atoms with Crippen LogP contribution >= 0.6 is 0 Å². The SMILES string of the molecule is O=C(c1ccc(C(=O)N2NC(=C(F)F)CC2(O)C(F)F)cc1)N1NC(C(F)F)=CC1(O)C(F)F. The number of alkyl halides is 6. The molecule has 0 aliphatic carbocycles. The van der Waals surface area contributed by atoms with Crippen molar-refractivity contribution in [3.8, 4) is 0 Å². The van der Waals surface area contributed by atoms with Crippen molar-refractivity contribution in [2.75, 3.05) is 0 Å². The second-order valence-corrected chi connectivity index (χ2v) is 7.16. The van der Waals surface area contributed by atoms with E-state index >= 15 is 0 Å². The zero-order valence-corrected chi connectivity index (χ0v) is 16.5. The van der Waals surface area contributed by atoms with Gasteiger partial charge in [-0.2, -0.15) is 8.78 Å². The van der Waals surface area contributed by atoms with Gasteiger partial charge >= 0.3 is 0 Å². The maximum Gasteiger partial charge on any atom is 0.291 e. The van der Waals surface area contributed by atoms with E-state index in [4.69, 9.17) is 0 Å². The highest BCUT2D eigenvalue weighted by atomic mass is 19.3. The summed E-state index contributed by atoms with van der Waals surface area (Å²) >= 11 is 0. The first-order valence-electron chi connectivity index (χ1n) is 9.11. The molecule has 2 amide bonds. The Hall–Kier alpha value is -3.40. The molecule has 1 aromatic rings. The van der Waals surface area contributed by atoms with E-state index in [2.05, 4.69) is 0 Å². The van der Waals surface area contributed by atoms with Crippen LogP contribution in [0.25, 0.3) is 0 Å². The van der Waals surface area contributed by atoms with Gasteiger partial charge in [-0.1, -0.05) is 0 Å². The summed E-state index contributed by atoms with van der Waals surface area (Å²) in [6.45, 7) is 0. The Bertz CT molecular complexity index is 1050. The largest absolute Gasteiger partial charge is 0.364 e. The summed E-state index contributed by atoms with van der Waals surface area (Å²) in [7, 11) is 0. The molecule has 2 heterocycles. The van der Waals surface area contributed by atoms with Gasteiger partial charge in [-0.25, -0.2) is 36.4 Å². The summed E-state index contributed by atoms with van der Waals surface area (Å²) in [5.41, 5.74) is -6.71. The molecule has 0 radical (unpaired) electrons. The van der Waals surface area contributed by atoms with Crippen molar-refractivity contribution in [3.63, 3.8) is 0 Å². The smallest absolute Gasteiger partial charge is 0.291 e. The Morgan fingerprint density at radius 3 is 1.76 bits per heavy atom. The number of carbonyl (C=O) groups is 2. The second-order valence-electron chi connectivity index (χ2n) is 7.16. The van der Waals surface area contributed by atoms with E-state index in [1.54, 1.807) is 10.9 Å². The van der Waals surface area contributed by atoms with Crippen LogP contribution in [0, 0.1) is 0 Å². The molecule has 3 rings (SSSR count). The Morgan fingerprint density at radius 1 is 0.853 bits per heavy atom. The first-order chi connectivity index (χ1) is 15.7. The van der Waals surface area contributed by atoms with Gasteiger partial charge in [0.1, 0.15) is 5.70 Å². The van der Waals surface area contributed by atoms with Crippen molar-refractivity contribution < 1.29 is 54.9 Å². The third-order valence-corrected chi connectivity index (χ3v) is 4.96. The molecule has 0 saturated carbocycles. The van der Waals surface area contributed by atoms with E-state index in [9.17, 15) is 54.9 Å². The lowest BCUT2D eigenvalue weighted by molar-refractivity contribution is -0.168. The highest BCUT2D eigenvalue weighted by Gasteiger charge is 2.54. The molecule has 0 aromatic heterocycles. The summed E-state index contributed by atoms with van der Waals surface area (Å²) in [4.78, 5) is 25.1. The predicted octanol–water partition coefficient (Wildman–Crippen LogP) is 2.16. The average Bonchev–Trinajstić information content (AvgIpc) is 3.32. The van der Waals surface area contributed by atoms with Crippen LogP contribution in [0.4, 0.5) is 35.1 Å². The number of halogens is 8. The maximum atomic E-state index is 13.3. The number of hydrogen-bond donors (Lipinski definition) is 4. The van der Waals surface area contributed by atoms with Crippen molar-refractivity contribution in [3.05, 3.63) is 58.9 Å². The van der Waals surface area contributed by atoms with Gasteiger partial charge in [0.15, 0.2) is 0 Å². The zero-order valence-electron chi connectivity index (χ0n) is 16.5. The Kier molecular flexibility index (Phi) is 6.49. The Balaban J connectivity index is 1.86. The van der Waals surface area contributed by atoms with Crippen molar-refractivity contribution >= 4 is 11.8 Å². The minimum atomic E-state index is -3.70. The van der Waals surface area contributed by atoms with E-state index < -0.39 is 77.6 Å². The Morgan fingerprint density at radius 2 is 1.35 bits per heavy atom. The van der Waals surface area contributed by atoms with Crippen LogP contribution in [0.3, 0.4) is 0 Å². The highest BCUT2D eigenvalue weighted by molar-refractivity contribution is 5.98. The van der Waals surface area contributed by atoms with Gasteiger partial charge in [0.2, 0.25) is 11.4 Å². The topological polar surface area (TPSA) is 105 Å². The number of allylic oxidation sites excluding steroid dienone is 1. The fourth-order valence-corrected chi connectivity index (χ4v) is 3.16. The predicted molar refractivity (Wildman–Crippen MR) is 94.9 cm³/mol. The minimum absolute atomic E-state index is 0.0669. The molecule has 16 heteroatoms. The molecule has 2 aliphatic rings. The zero-order chi connectivity index (χ0) is 25.6. The number of amides is 2. The molecule has 2 unspecified atom stereocenters. The number of rotatable bonds is 5. The van der Waals surface area contributed by atoms with Crippen LogP contribution in [0.1, 0.15) is 27.1 Å². The van der Waals surface area contributed by atoms with E-state index in [0.29, 0.717) is 0 Å². The molecule has 186 valence electrons. The van der Waals surface area contributed by atoms with E-state index in [1.807, 2.05) is 0 Å². The van der Waals surface area contributed by atoms with Crippen molar-refractivity contribution in [2.45, 2.75) is 37.1 Å². The average molecular weight is 502 g/mol. The van der Waals surface area contributed by atoms with Crippen molar-refractivity contribution in [2.24, 2.45) is 0 Å². The molecule has 1 saturated heterocycles. The first-order valence-corrected chi connectivity index (χ1v) is 9.11. The summed E-state index contributed by atoms with van der Waals surface area (Å²) in [6, 6.07) is 3.20. The molecule has 2 aliphatic heterocycles. The van der Waals surface area contributed by atoms with Crippen molar-refractivity contribution in [1.82, 2.24) is 20.9 Å². The first kappa shape index (κ1) is 25.2. The molecule has 2 atom stereocenters. The summed E-state index contributed by atoms with van der Waals surface area (Å²) in [5.74, 6) is -2.84. The lowest BCUT2D eigenvalue weighted by Crippen LogP contribution is -2.56. The molecule has 0 spiro atoms. The maximum absolute atomic E-state index is 13.3. The number of hydrogen-bond acceptors (Lipinski definition) is 6. The van der Waals surface area contributed by atoms with Crippen molar-refractivity contribution in [1.29, 1.82) is 0 Å². The van der Waals surface area contributed by atoms with Gasteiger partial charge in [0.25, 0.3) is 37.2 Å². The van der Waals surface area contributed by atoms with Gasteiger partial charge in [-0.15, -0.1) is 0 Å². The summed E-state index contributed by atoms with van der Waals surface area (Å²) in [5, 5.41) is 19.7. The lowest BCUT2D eigenvalue weighted by Gasteiger charge is -2.32. The number of carbonyl (C=O) groups excluding carboxylic acids is 2. The second kappa shape index (κ2) is 8.75. The fraction of sp³-hybridized carbons (Fsp3) is 0.333. The third-order valence-electron chi connectivity index (χ3n) is 4.96. The molecule has 34 heavy (non-hydrogen) atoms. The van der Waals surface area contributed by atoms with Gasteiger partial charge in [0.05, 0.1) is 12.1 Å². The molecule has 1 fully saturated rings. The molecule has 4 N–H and O–H groups in total. The number of nitrogens with one attached hydrogen (secondary N) is 2. The summed E-state index contributed by atoms with van der Waals surface area (Å²) < 4.78 is 105. The van der Waals surface area contributed by atoms with Crippen LogP contribution in [0.5, 0.6) is 0 Å². The van der Waals surface area contributed by atoms with Crippen LogP contribution < -0.4 is 10.9 Å². The molecular formula is C18H14F8N4O4. The standard InChI is InChI=1S/C18H14F8N4O4/c19-11(20)9-5-17(33,15(23)24)29(27-9)13(31)7-1-2-8(4-3-7)14(32)30-18(34,16(25)26)6-10(28-30)12(21)22/h1-5,11,15-16,27-28,33-34H,6H2. The lowest BCUT2D eigenvalue weighted by atomic mass is 10.1. The van der Waals surface area contributed by atoms with Gasteiger partial charge in [0, 0.05) is 17.2 Å². The number of benzene rings is 1. The monoisotopic (exact) mass is 502 g/mol. The van der Waals surface area contributed by atoms with Gasteiger partial charge in [-0.05, 0) is 24.3 Å². The highest BCUT2D eigenvalue weighted by Crippen LogP contribution is 2.36. The third kappa shape index (κ3) is 4.13.